The summed E-state index contributed by atoms with van der Waals surface area (Å²) in [5, 5.41) is 0. The maximum absolute atomic E-state index is 5.36. The van der Waals surface area contributed by atoms with Gasteiger partial charge >= 0.3 is 17.6 Å². The second-order valence-electron chi connectivity index (χ2n) is 3.66. The monoisotopic (exact) mass is 315 g/mol. The Kier molecular flexibility index (Phi) is 13.5. The van der Waals surface area contributed by atoms with Crippen LogP contribution in [-0.4, -0.2) is 66.8 Å². The minimum atomic E-state index is -2.32. The molecule has 19 heavy (non-hydrogen) atoms. The van der Waals surface area contributed by atoms with Crippen molar-refractivity contribution in [3.05, 3.63) is 0 Å². The molecule has 0 rings (SSSR count). The topological polar surface area (TPSA) is 81.4 Å². The van der Waals surface area contributed by atoms with Crippen LogP contribution < -0.4 is 5.73 Å². The molecule has 0 aromatic heterocycles. The fourth-order valence-electron chi connectivity index (χ4n) is 1.12. The molecule has 0 saturated carbocycles. The Morgan fingerprint density at radius 2 is 1.11 bits per heavy atom. The van der Waals surface area contributed by atoms with Gasteiger partial charge in [0.15, 0.2) is 0 Å². The summed E-state index contributed by atoms with van der Waals surface area (Å²) in [4.78, 5) is 0. The van der Waals surface area contributed by atoms with Gasteiger partial charge in [-0.15, -0.1) is 0 Å². The summed E-state index contributed by atoms with van der Waals surface area (Å²) in [5.74, 6) is 0. The molecule has 0 atom stereocenters. The zero-order chi connectivity index (χ0) is 15.4. The Balaban J connectivity index is 0. The molecule has 2 N–H and O–H groups in total. The summed E-state index contributed by atoms with van der Waals surface area (Å²) in [6.07, 6.45) is 0.877. The van der Waals surface area contributed by atoms with Gasteiger partial charge in [-0.3, -0.25) is 0 Å². The molecule has 0 aromatic rings. The first-order valence-corrected chi connectivity index (χ1v) is 10.1. The molecule has 0 aliphatic heterocycles. The summed E-state index contributed by atoms with van der Waals surface area (Å²) >= 11 is 0. The fraction of sp³-hybridized carbons (Fsp3) is 1.00. The standard InChI is InChI=1S/C6H17NO3Si.C4H12O3Si/c1-8-11(9-2,10-3)6-4-5-7;1-5-8(4,6-2)7-3/h4-7H2,1-3H3;1-4H3. The SMILES string of the molecule is CO[Si](C)(OC)OC.CO[Si](CCCN)(OC)OC. The van der Waals surface area contributed by atoms with Gasteiger partial charge in [-0.05, 0) is 13.0 Å². The first-order valence-electron chi connectivity index (χ1n) is 5.94. The molecule has 0 saturated heterocycles. The van der Waals surface area contributed by atoms with E-state index in [-0.39, 0.29) is 0 Å². The van der Waals surface area contributed by atoms with E-state index in [1.54, 1.807) is 42.7 Å². The molecule has 0 radical (unpaired) electrons. The molecule has 118 valence electrons. The van der Waals surface area contributed by atoms with Crippen LogP contribution >= 0.6 is 0 Å². The molecule has 0 spiro atoms. The van der Waals surface area contributed by atoms with Gasteiger partial charge in [0.1, 0.15) is 0 Å². The molecule has 0 aliphatic carbocycles. The van der Waals surface area contributed by atoms with Crippen molar-refractivity contribution in [3.63, 3.8) is 0 Å². The third-order valence-electron chi connectivity index (χ3n) is 2.73. The van der Waals surface area contributed by atoms with Crippen LogP contribution in [0.1, 0.15) is 6.42 Å². The summed E-state index contributed by atoms with van der Waals surface area (Å²) in [6, 6.07) is 0.785. The molecule has 9 heteroatoms. The van der Waals surface area contributed by atoms with Gasteiger partial charge in [-0.2, -0.15) is 0 Å². The van der Waals surface area contributed by atoms with Crippen LogP contribution in [0.15, 0.2) is 0 Å². The minimum absolute atomic E-state index is 0.644. The van der Waals surface area contributed by atoms with Crippen LogP contribution in [0.25, 0.3) is 0 Å². The van der Waals surface area contributed by atoms with E-state index in [0.717, 1.165) is 12.5 Å². The highest BCUT2D eigenvalue weighted by atomic mass is 28.4. The summed E-state index contributed by atoms with van der Waals surface area (Å²) in [6.45, 7) is 2.47. The van der Waals surface area contributed by atoms with Crippen molar-refractivity contribution in [3.8, 4) is 0 Å². The van der Waals surface area contributed by atoms with Gasteiger partial charge < -0.3 is 32.3 Å². The molecule has 0 unspecified atom stereocenters. The lowest BCUT2D eigenvalue weighted by molar-refractivity contribution is 0.123. The highest BCUT2D eigenvalue weighted by Gasteiger charge is 2.36. The van der Waals surface area contributed by atoms with Crippen molar-refractivity contribution in [2.75, 3.05) is 49.2 Å². The maximum Gasteiger partial charge on any atom is 0.500 e. The highest BCUT2D eigenvalue weighted by molar-refractivity contribution is 6.60. The third-order valence-corrected chi connectivity index (χ3v) is 7.79. The van der Waals surface area contributed by atoms with E-state index in [4.69, 9.17) is 32.3 Å². The molecular weight excluding hydrogens is 286 g/mol. The Labute approximate surface area is 119 Å². The van der Waals surface area contributed by atoms with Crippen LogP contribution in [0.4, 0.5) is 0 Å². The van der Waals surface area contributed by atoms with Crippen LogP contribution in [-0.2, 0) is 26.6 Å². The minimum Gasteiger partial charge on any atom is -0.377 e. The second kappa shape index (κ2) is 11.9. The Hall–Kier alpha value is 0.154. The predicted molar refractivity (Wildman–Crippen MR) is 77.9 cm³/mol. The largest absolute Gasteiger partial charge is 0.500 e. The van der Waals surface area contributed by atoms with Crippen LogP contribution in [0, 0.1) is 0 Å². The van der Waals surface area contributed by atoms with E-state index in [1.807, 2.05) is 6.55 Å². The lowest BCUT2D eigenvalue weighted by Gasteiger charge is -2.23. The van der Waals surface area contributed by atoms with Gasteiger partial charge in [-0.25, -0.2) is 0 Å². The third kappa shape index (κ3) is 8.84. The molecular formula is C10H29NO6Si2. The van der Waals surface area contributed by atoms with Crippen LogP contribution in [0.5, 0.6) is 0 Å². The van der Waals surface area contributed by atoms with Gasteiger partial charge in [-0.1, -0.05) is 0 Å². The average Bonchev–Trinajstić information content (AvgIpc) is 2.49. The molecule has 0 heterocycles. The first-order chi connectivity index (χ1) is 8.92. The second-order valence-corrected chi connectivity index (χ2v) is 9.70. The molecule has 0 aromatic carbocycles. The Morgan fingerprint density at radius 1 is 0.737 bits per heavy atom. The Bertz CT molecular complexity index is 186. The van der Waals surface area contributed by atoms with E-state index in [2.05, 4.69) is 0 Å². The van der Waals surface area contributed by atoms with Gasteiger partial charge in [0.25, 0.3) is 0 Å². The Morgan fingerprint density at radius 3 is 1.26 bits per heavy atom. The normalized spacial score (nSPS) is 12.0. The molecule has 0 fully saturated rings. The van der Waals surface area contributed by atoms with Crippen LogP contribution in [0.2, 0.25) is 12.6 Å². The van der Waals surface area contributed by atoms with Crippen LogP contribution in [0.3, 0.4) is 0 Å². The zero-order valence-electron chi connectivity index (χ0n) is 13.1. The summed E-state index contributed by atoms with van der Waals surface area (Å²) in [5.41, 5.74) is 5.36. The van der Waals surface area contributed by atoms with Gasteiger partial charge in [0.05, 0.1) is 0 Å². The van der Waals surface area contributed by atoms with E-state index in [1.165, 1.54) is 0 Å². The van der Waals surface area contributed by atoms with Crippen molar-refractivity contribution in [2.24, 2.45) is 5.73 Å². The molecule has 0 amide bonds. The highest BCUT2D eigenvalue weighted by Crippen LogP contribution is 2.13. The zero-order valence-corrected chi connectivity index (χ0v) is 15.1. The quantitative estimate of drug-likeness (QED) is 0.627. The smallest absolute Gasteiger partial charge is 0.377 e. The van der Waals surface area contributed by atoms with E-state index in [9.17, 15) is 0 Å². The van der Waals surface area contributed by atoms with Crippen molar-refractivity contribution in [1.82, 2.24) is 0 Å². The maximum atomic E-state index is 5.36. The molecule has 0 aliphatic rings. The first kappa shape index (κ1) is 21.5. The molecule has 7 nitrogen and oxygen atoms in total. The van der Waals surface area contributed by atoms with E-state index < -0.39 is 17.6 Å². The summed E-state index contributed by atoms with van der Waals surface area (Å²) < 4.78 is 30.3. The van der Waals surface area contributed by atoms with Crippen molar-refractivity contribution < 1.29 is 26.6 Å². The number of nitrogens with two attached hydrogens (primary N) is 1. The fourth-order valence-corrected chi connectivity index (χ4v) is 3.37. The van der Waals surface area contributed by atoms with Crippen molar-refractivity contribution in [2.45, 2.75) is 19.0 Å². The number of hydrogen-bond acceptors (Lipinski definition) is 7. The van der Waals surface area contributed by atoms with Crippen molar-refractivity contribution >= 4 is 17.6 Å². The summed E-state index contributed by atoms with van der Waals surface area (Å²) in [7, 11) is 5.08. The lowest BCUT2D eigenvalue weighted by atomic mass is 10.5. The van der Waals surface area contributed by atoms with Crippen molar-refractivity contribution in [1.29, 1.82) is 0 Å². The number of rotatable bonds is 9. The predicted octanol–water partition coefficient (Wildman–Crippen LogP) is 0.708. The molecule has 0 bridgehead atoms. The lowest BCUT2D eigenvalue weighted by Crippen LogP contribution is -2.42. The van der Waals surface area contributed by atoms with Gasteiger partial charge in [0.2, 0.25) is 0 Å². The van der Waals surface area contributed by atoms with Gasteiger partial charge in [0, 0.05) is 55.2 Å². The number of hydrogen-bond donors (Lipinski definition) is 1. The average molecular weight is 316 g/mol. The van der Waals surface area contributed by atoms with E-state index >= 15 is 0 Å². The van der Waals surface area contributed by atoms with E-state index in [0.29, 0.717) is 6.54 Å².